The summed E-state index contributed by atoms with van der Waals surface area (Å²) in [6.45, 7) is 2.69. The van der Waals surface area contributed by atoms with E-state index in [0.29, 0.717) is 0 Å². The van der Waals surface area contributed by atoms with E-state index in [0.717, 1.165) is 22.9 Å². The summed E-state index contributed by atoms with van der Waals surface area (Å²) in [5.74, 6) is -0.691. The van der Waals surface area contributed by atoms with Crippen LogP contribution in [0.3, 0.4) is 0 Å². The van der Waals surface area contributed by atoms with Crippen LogP contribution < -0.4 is 10.1 Å². The zero-order valence-electron chi connectivity index (χ0n) is 15.9. The molecule has 2 aromatic rings. The molecule has 0 radical (unpaired) electrons. The van der Waals surface area contributed by atoms with Crippen molar-refractivity contribution in [2.45, 2.75) is 26.6 Å². The largest absolute Gasteiger partial charge is 0.489 e. The van der Waals surface area contributed by atoms with Gasteiger partial charge in [0.25, 0.3) is 0 Å². The Morgan fingerprint density at radius 1 is 1.31 bits per heavy atom. The normalized spacial score (nSPS) is 11.4. The van der Waals surface area contributed by atoms with Crippen LogP contribution in [0.5, 0.6) is 5.75 Å². The minimum atomic E-state index is -4.61. The Bertz CT molecular complexity index is 911. The molecule has 2 rings (SSSR count). The molecule has 0 unspecified atom stereocenters. The number of nitrogens with one attached hydrogen (secondary N) is 1. The first-order valence-corrected chi connectivity index (χ1v) is 8.35. The van der Waals surface area contributed by atoms with Crippen molar-refractivity contribution >= 4 is 17.3 Å². The number of aryl methyl sites for hydroxylation is 1. The van der Waals surface area contributed by atoms with E-state index in [1.165, 1.54) is 21.0 Å². The maximum atomic E-state index is 13.0. The van der Waals surface area contributed by atoms with Gasteiger partial charge in [-0.3, -0.25) is 19.6 Å². The van der Waals surface area contributed by atoms with Crippen LogP contribution in [0.2, 0.25) is 0 Å². The fourth-order valence-electron chi connectivity index (χ4n) is 2.60. The number of amides is 1. The Hall–Kier alpha value is -3.15. The average Bonchev–Trinajstić information content (AvgIpc) is 2.88. The molecular formula is C17H19F3N4O5. The lowest BCUT2D eigenvalue weighted by Gasteiger charge is -2.15. The van der Waals surface area contributed by atoms with Crippen molar-refractivity contribution in [2.75, 3.05) is 25.6 Å². The molecule has 1 aromatic heterocycles. The summed E-state index contributed by atoms with van der Waals surface area (Å²) < 4.78 is 50.3. The SMILES string of the molecule is COCCOc1ccc(C(F)(F)F)cc1NC(=O)Cn1nc(C)c([N+](=O)[O-])c1C. The molecule has 0 spiro atoms. The van der Waals surface area contributed by atoms with Gasteiger partial charge in [-0.05, 0) is 32.0 Å². The number of ether oxygens (including phenoxy) is 2. The van der Waals surface area contributed by atoms with Crippen molar-refractivity contribution in [1.29, 1.82) is 0 Å². The number of methoxy groups -OCH3 is 1. The zero-order chi connectivity index (χ0) is 21.8. The second-order valence-electron chi connectivity index (χ2n) is 6.03. The molecule has 0 aliphatic carbocycles. The Kier molecular flexibility index (Phi) is 6.80. The van der Waals surface area contributed by atoms with Crippen LogP contribution in [0.15, 0.2) is 18.2 Å². The number of nitrogens with zero attached hydrogens (tertiary/aromatic N) is 3. The molecule has 0 aliphatic rings. The molecule has 29 heavy (non-hydrogen) atoms. The van der Waals surface area contributed by atoms with Gasteiger partial charge in [-0.1, -0.05) is 0 Å². The summed E-state index contributed by atoms with van der Waals surface area (Å²) in [6.07, 6.45) is -4.61. The van der Waals surface area contributed by atoms with Gasteiger partial charge in [0.05, 0.1) is 22.8 Å². The molecule has 12 heteroatoms. The van der Waals surface area contributed by atoms with Gasteiger partial charge in [0.1, 0.15) is 30.3 Å². The fourth-order valence-corrected chi connectivity index (χ4v) is 2.60. The predicted octanol–water partition coefficient (Wildman–Crippen LogP) is 3.09. The maximum absolute atomic E-state index is 13.0. The molecule has 0 aliphatic heterocycles. The number of benzene rings is 1. The summed E-state index contributed by atoms with van der Waals surface area (Å²) in [6, 6.07) is 2.69. The Balaban J connectivity index is 2.25. The average molecular weight is 416 g/mol. The Labute approximate surface area is 163 Å². The number of halogens is 3. The van der Waals surface area contributed by atoms with E-state index in [1.807, 2.05) is 0 Å². The van der Waals surface area contributed by atoms with Crippen LogP contribution in [0, 0.1) is 24.0 Å². The monoisotopic (exact) mass is 416 g/mol. The zero-order valence-corrected chi connectivity index (χ0v) is 15.9. The number of hydrogen-bond donors (Lipinski definition) is 1. The van der Waals surface area contributed by atoms with Crippen molar-refractivity contribution in [1.82, 2.24) is 9.78 Å². The summed E-state index contributed by atoms with van der Waals surface area (Å²) in [7, 11) is 1.44. The highest BCUT2D eigenvalue weighted by atomic mass is 19.4. The summed E-state index contributed by atoms with van der Waals surface area (Å²) >= 11 is 0. The maximum Gasteiger partial charge on any atom is 0.416 e. The molecule has 1 aromatic carbocycles. The van der Waals surface area contributed by atoms with E-state index in [4.69, 9.17) is 9.47 Å². The van der Waals surface area contributed by atoms with E-state index in [2.05, 4.69) is 10.4 Å². The number of rotatable bonds is 8. The van der Waals surface area contributed by atoms with Gasteiger partial charge in [0, 0.05) is 7.11 Å². The van der Waals surface area contributed by atoms with E-state index >= 15 is 0 Å². The van der Waals surface area contributed by atoms with Gasteiger partial charge in [-0.15, -0.1) is 0 Å². The molecule has 1 N–H and O–H groups in total. The van der Waals surface area contributed by atoms with Crippen LogP contribution in [0.4, 0.5) is 24.5 Å². The second kappa shape index (κ2) is 8.90. The Morgan fingerprint density at radius 3 is 2.55 bits per heavy atom. The third-order valence-corrected chi connectivity index (χ3v) is 3.95. The number of carbonyl (C=O) groups excluding carboxylic acids is 1. The summed E-state index contributed by atoms with van der Waals surface area (Å²) in [4.78, 5) is 22.8. The van der Waals surface area contributed by atoms with Crippen LogP contribution in [-0.2, 0) is 22.3 Å². The van der Waals surface area contributed by atoms with Crippen LogP contribution >= 0.6 is 0 Å². The molecule has 9 nitrogen and oxygen atoms in total. The highest BCUT2D eigenvalue weighted by Crippen LogP contribution is 2.35. The van der Waals surface area contributed by atoms with Crippen LogP contribution in [-0.4, -0.2) is 40.9 Å². The molecular weight excluding hydrogens is 397 g/mol. The minimum Gasteiger partial charge on any atom is -0.489 e. The molecule has 1 heterocycles. The van der Waals surface area contributed by atoms with Gasteiger partial charge >= 0.3 is 11.9 Å². The number of alkyl halides is 3. The van der Waals surface area contributed by atoms with Crippen molar-refractivity contribution in [3.8, 4) is 5.75 Å². The van der Waals surface area contributed by atoms with Crippen molar-refractivity contribution in [2.24, 2.45) is 0 Å². The van der Waals surface area contributed by atoms with E-state index in [9.17, 15) is 28.1 Å². The molecule has 0 fully saturated rings. The highest BCUT2D eigenvalue weighted by Gasteiger charge is 2.31. The topological polar surface area (TPSA) is 109 Å². The standard InChI is InChI=1S/C17H19F3N4O5/c1-10-16(24(26)27)11(2)23(22-10)9-15(25)21-13-8-12(17(18,19)20)4-5-14(13)29-7-6-28-3/h4-5,8H,6-7,9H2,1-3H3,(H,21,25). The Morgan fingerprint density at radius 2 is 2.00 bits per heavy atom. The minimum absolute atomic E-state index is 0.0303. The van der Waals surface area contributed by atoms with Crippen molar-refractivity contribution in [3.63, 3.8) is 0 Å². The number of hydrogen-bond acceptors (Lipinski definition) is 6. The van der Waals surface area contributed by atoms with E-state index in [1.54, 1.807) is 0 Å². The van der Waals surface area contributed by atoms with Gasteiger partial charge in [-0.2, -0.15) is 18.3 Å². The number of aromatic nitrogens is 2. The lowest BCUT2D eigenvalue weighted by molar-refractivity contribution is -0.386. The number of anilines is 1. The fraction of sp³-hybridized carbons (Fsp3) is 0.412. The predicted molar refractivity (Wildman–Crippen MR) is 95.8 cm³/mol. The number of carbonyl (C=O) groups is 1. The molecule has 0 atom stereocenters. The lowest BCUT2D eigenvalue weighted by atomic mass is 10.1. The van der Waals surface area contributed by atoms with Gasteiger partial charge in [0.15, 0.2) is 0 Å². The third kappa shape index (κ3) is 5.44. The summed E-state index contributed by atoms with van der Waals surface area (Å²) in [5.41, 5.74) is -1.09. The smallest absolute Gasteiger partial charge is 0.416 e. The van der Waals surface area contributed by atoms with Gasteiger partial charge in [0.2, 0.25) is 5.91 Å². The first-order valence-electron chi connectivity index (χ1n) is 8.35. The first-order chi connectivity index (χ1) is 13.5. The second-order valence-corrected chi connectivity index (χ2v) is 6.03. The van der Waals surface area contributed by atoms with Gasteiger partial charge < -0.3 is 14.8 Å². The molecule has 0 saturated carbocycles. The lowest BCUT2D eigenvalue weighted by Crippen LogP contribution is -2.21. The number of nitro groups is 1. The molecule has 0 saturated heterocycles. The van der Waals surface area contributed by atoms with Crippen LogP contribution in [0.1, 0.15) is 17.0 Å². The van der Waals surface area contributed by atoms with Crippen molar-refractivity contribution in [3.05, 3.63) is 45.3 Å². The third-order valence-electron chi connectivity index (χ3n) is 3.95. The molecule has 158 valence electrons. The van der Waals surface area contributed by atoms with Crippen LogP contribution in [0.25, 0.3) is 0 Å². The van der Waals surface area contributed by atoms with E-state index < -0.39 is 29.1 Å². The molecule has 1 amide bonds. The van der Waals surface area contributed by atoms with Gasteiger partial charge in [-0.25, -0.2) is 0 Å². The quantitative estimate of drug-likeness (QED) is 0.402. The van der Waals surface area contributed by atoms with Crippen molar-refractivity contribution < 1.29 is 32.4 Å². The highest BCUT2D eigenvalue weighted by molar-refractivity contribution is 5.92. The molecule has 0 bridgehead atoms. The van der Waals surface area contributed by atoms with E-state index in [-0.39, 0.29) is 41.7 Å². The first kappa shape index (κ1) is 22.1. The summed E-state index contributed by atoms with van der Waals surface area (Å²) in [5, 5.41) is 17.3.